The summed E-state index contributed by atoms with van der Waals surface area (Å²) in [5, 5.41) is 2.65. The van der Waals surface area contributed by atoms with Crippen molar-refractivity contribution in [3.05, 3.63) is 46.4 Å². The highest BCUT2D eigenvalue weighted by Crippen LogP contribution is 2.34. The molecule has 0 atom stereocenters. The number of halogens is 1. The predicted octanol–water partition coefficient (Wildman–Crippen LogP) is 2.61. The van der Waals surface area contributed by atoms with Gasteiger partial charge in [0.2, 0.25) is 5.91 Å². The summed E-state index contributed by atoms with van der Waals surface area (Å²) >= 11 is 3.34. The quantitative estimate of drug-likeness (QED) is 0.706. The van der Waals surface area contributed by atoms with E-state index < -0.39 is 11.9 Å². The molecule has 0 aliphatic carbocycles. The van der Waals surface area contributed by atoms with E-state index in [2.05, 4.69) is 21.2 Å². The van der Waals surface area contributed by atoms with E-state index in [0.29, 0.717) is 17.2 Å². The second-order valence-electron chi connectivity index (χ2n) is 5.83. The third-order valence-corrected chi connectivity index (χ3v) is 4.57. The summed E-state index contributed by atoms with van der Waals surface area (Å²) in [6.45, 7) is -0.393. The van der Waals surface area contributed by atoms with Gasteiger partial charge in [-0.1, -0.05) is 15.9 Å². The molecule has 1 heterocycles. The maximum absolute atomic E-state index is 12.6. The van der Waals surface area contributed by atoms with Gasteiger partial charge < -0.3 is 19.5 Å². The van der Waals surface area contributed by atoms with E-state index in [9.17, 15) is 14.4 Å². The summed E-state index contributed by atoms with van der Waals surface area (Å²) in [7, 11) is 2.71. The summed E-state index contributed by atoms with van der Waals surface area (Å²) in [4.78, 5) is 38.2. The van der Waals surface area contributed by atoms with Crippen LogP contribution in [0.5, 0.6) is 11.5 Å². The van der Waals surface area contributed by atoms with Crippen molar-refractivity contribution >= 4 is 45.1 Å². The Morgan fingerprint density at radius 2 is 2.00 bits per heavy atom. The molecule has 1 N–H and O–H groups in total. The fourth-order valence-electron chi connectivity index (χ4n) is 2.72. The lowest BCUT2D eigenvalue weighted by Crippen LogP contribution is -2.43. The van der Waals surface area contributed by atoms with Crippen LogP contribution in [0.25, 0.3) is 0 Å². The molecule has 0 unspecified atom stereocenters. The Morgan fingerprint density at radius 3 is 2.71 bits per heavy atom. The molecule has 0 fully saturated rings. The van der Waals surface area contributed by atoms with Gasteiger partial charge in [-0.3, -0.25) is 14.5 Å². The second kappa shape index (κ2) is 8.30. The zero-order valence-corrected chi connectivity index (χ0v) is 16.7. The highest BCUT2D eigenvalue weighted by molar-refractivity contribution is 9.10. The maximum Gasteiger partial charge on any atom is 0.340 e. The molecule has 0 saturated carbocycles. The lowest BCUT2D eigenvalue weighted by atomic mass is 10.1. The zero-order valence-electron chi connectivity index (χ0n) is 15.2. The molecule has 3 rings (SSSR count). The third-order valence-electron chi connectivity index (χ3n) is 4.07. The van der Waals surface area contributed by atoms with Crippen molar-refractivity contribution in [3.8, 4) is 11.5 Å². The van der Waals surface area contributed by atoms with Crippen LogP contribution in [-0.4, -0.2) is 45.2 Å². The van der Waals surface area contributed by atoms with Gasteiger partial charge in [0.05, 0.1) is 31.2 Å². The number of esters is 1. The summed E-state index contributed by atoms with van der Waals surface area (Å²) < 4.78 is 16.1. The summed E-state index contributed by atoms with van der Waals surface area (Å²) in [5.74, 6) is -0.484. The van der Waals surface area contributed by atoms with Crippen LogP contribution < -0.4 is 19.7 Å². The fraction of sp³-hybridized carbons (Fsp3) is 0.211. The normalized spacial score (nSPS) is 12.7. The minimum absolute atomic E-state index is 0.146. The number of ether oxygens (including phenoxy) is 3. The molecular formula is C19H17BrN2O6. The monoisotopic (exact) mass is 448 g/mol. The number of hydrogen-bond acceptors (Lipinski definition) is 6. The van der Waals surface area contributed by atoms with Crippen LogP contribution in [0.3, 0.4) is 0 Å². The first-order chi connectivity index (χ1) is 13.4. The number of benzene rings is 2. The SMILES string of the molecule is COC(=O)c1cc(OC)ccc1NC(=O)CN1C(=O)COc2cc(Br)ccc21. The highest BCUT2D eigenvalue weighted by atomic mass is 79.9. The van der Waals surface area contributed by atoms with Crippen molar-refractivity contribution < 1.29 is 28.6 Å². The average molecular weight is 449 g/mol. The van der Waals surface area contributed by atoms with Crippen molar-refractivity contribution in [2.75, 3.05) is 37.6 Å². The molecule has 8 nitrogen and oxygen atoms in total. The summed E-state index contributed by atoms with van der Waals surface area (Å²) in [5.41, 5.74) is 0.903. The zero-order chi connectivity index (χ0) is 20.3. The van der Waals surface area contributed by atoms with Crippen LogP contribution in [0.2, 0.25) is 0 Å². The van der Waals surface area contributed by atoms with Gasteiger partial charge in [0.1, 0.15) is 18.0 Å². The number of nitrogens with zero attached hydrogens (tertiary/aromatic N) is 1. The van der Waals surface area contributed by atoms with Gasteiger partial charge in [0, 0.05) is 4.47 Å². The largest absolute Gasteiger partial charge is 0.497 e. The molecule has 2 aromatic carbocycles. The number of methoxy groups -OCH3 is 2. The van der Waals surface area contributed by atoms with Crippen LogP contribution in [-0.2, 0) is 14.3 Å². The Morgan fingerprint density at radius 1 is 1.21 bits per heavy atom. The van der Waals surface area contributed by atoms with E-state index in [1.54, 1.807) is 24.3 Å². The molecule has 28 heavy (non-hydrogen) atoms. The Hall–Kier alpha value is -3.07. The highest BCUT2D eigenvalue weighted by Gasteiger charge is 2.28. The average Bonchev–Trinajstić information content (AvgIpc) is 2.69. The van der Waals surface area contributed by atoms with Gasteiger partial charge in [-0.2, -0.15) is 0 Å². The lowest BCUT2D eigenvalue weighted by molar-refractivity contribution is -0.123. The molecule has 2 amide bonds. The van der Waals surface area contributed by atoms with Gasteiger partial charge in [-0.15, -0.1) is 0 Å². The molecule has 2 aromatic rings. The van der Waals surface area contributed by atoms with Gasteiger partial charge >= 0.3 is 5.97 Å². The third kappa shape index (κ3) is 4.09. The minimum atomic E-state index is -0.619. The number of carbonyl (C=O) groups is 3. The molecule has 9 heteroatoms. The Kier molecular flexibility index (Phi) is 5.84. The topological polar surface area (TPSA) is 94.2 Å². The van der Waals surface area contributed by atoms with Crippen LogP contribution in [0.4, 0.5) is 11.4 Å². The van der Waals surface area contributed by atoms with Gasteiger partial charge in [0.25, 0.3) is 5.91 Å². The first-order valence-corrected chi connectivity index (χ1v) is 9.01. The molecule has 1 aliphatic heterocycles. The predicted molar refractivity (Wildman–Crippen MR) is 105 cm³/mol. The standard InChI is InChI=1S/C19H17BrN2O6/c1-26-12-4-5-14(13(8-12)19(25)27-2)21-17(23)9-22-15-6-3-11(20)7-16(15)28-10-18(22)24/h3-8H,9-10H2,1-2H3,(H,21,23). The Labute approximate surface area is 169 Å². The van der Waals surface area contributed by atoms with Crippen molar-refractivity contribution in [3.63, 3.8) is 0 Å². The van der Waals surface area contributed by atoms with E-state index in [0.717, 1.165) is 4.47 Å². The van der Waals surface area contributed by atoms with Crippen LogP contribution in [0.15, 0.2) is 40.9 Å². The van der Waals surface area contributed by atoms with Gasteiger partial charge in [0.15, 0.2) is 6.61 Å². The van der Waals surface area contributed by atoms with E-state index in [4.69, 9.17) is 14.2 Å². The van der Waals surface area contributed by atoms with E-state index >= 15 is 0 Å². The number of hydrogen-bond donors (Lipinski definition) is 1. The van der Waals surface area contributed by atoms with Crippen LogP contribution in [0.1, 0.15) is 10.4 Å². The molecule has 1 aliphatic rings. The van der Waals surface area contributed by atoms with Crippen LogP contribution in [0, 0.1) is 0 Å². The minimum Gasteiger partial charge on any atom is -0.497 e. The summed E-state index contributed by atoms with van der Waals surface area (Å²) in [6.07, 6.45) is 0. The maximum atomic E-state index is 12.6. The van der Waals surface area contributed by atoms with Crippen molar-refractivity contribution in [1.82, 2.24) is 0 Å². The number of amides is 2. The van der Waals surface area contributed by atoms with Crippen LogP contribution >= 0.6 is 15.9 Å². The molecule has 146 valence electrons. The van der Waals surface area contributed by atoms with E-state index in [1.165, 1.54) is 31.3 Å². The number of anilines is 2. The van der Waals surface area contributed by atoms with E-state index in [1.807, 2.05) is 0 Å². The molecular weight excluding hydrogens is 432 g/mol. The lowest BCUT2D eigenvalue weighted by Gasteiger charge is -2.29. The molecule has 0 bridgehead atoms. The smallest absolute Gasteiger partial charge is 0.340 e. The molecule has 0 saturated heterocycles. The second-order valence-corrected chi connectivity index (χ2v) is 6.75. The number of nitrogens with one attached hydrogen (secondary N) is 1. The number of carbonyl (C=O) groups excluding carboxylic acids is 3. The number of fused-ring (bicyclic) bond motifs is 1. The van der Waals surface area contributed by atoms with Crippen molar-refractivity contribution in [2.45, 2.75) is 0 Å². The van der Waals surface area contributed by atoms with Gasteiger partial charge in [-0.05, 0) is 36.4 Å². The Bertz CT molecular complexity index is 946. The fourth-order valence-corrected chi connectivity index (χ4v) is 3.06. The Balaban J connectivity index is 1.82. The van der Waals surface area contributed by atoms with Crippen molar-refractivity contribution in [1.29, 1.82) is 0 Å². The number of rotatable bonds is 5. The first-order valence-electron chi connectivity index (χ1n) is 8.22. The van der Waals surface area contributed by atoms with Gasteiger partial charge in [-0.25, -0.2) is 4.79 Å². The molecule has 0 spiro atoms. The first kappa shape index (κ1) is 19.7. The summed E-state index contributed by atoms with van der Waals surface area (Å²) in [6, 6.07) is 9.78. The molecule has 0 aromatic heterocycles. The van der Waals surface area contributed by atoms with Crippen molar-refractivity contribution in [2.24, 2.45) is 0 Å². The molecule has 0 radical (unpaired) electrons. The van der Waals surface area contributed by atoms with E-state index in [-0.39, 0.29) is 30.3 Å².